The van der Waals surface area contributed by atoms with Gasteiger partial charge in [0.05, 0.1) is 12.7 Å². The zero-order valence-corrected chi connectivity index (χ0v) is 13.2. The first kappa shape index (κ1) is 16.9. The Morgan fingerprint density at radius 3 is 2.81 bits per heavy atom. The van der Waals surface area contributed by atoms with Gasteiger partial charge in [-0.1, -0.05) is 12.2 Å². The van der Waals surface area contributed by atoms with Crippen molar-refractivity contribution in [2.24, 2.45) is 0 Å². The van der Waals surface area contributed by atoms with Crippen molar-refractivity contribution in [1.82, 2.24) is 15.3 Å². The van der Waals surface area contributed by atoms with E-state index in [0.717, 1.165) is 5.56 Å². The van der Waals surface area contributed by atoms with E-state index in [2.05, 4.69) is 15.3 Å². The molecular weight excluding hydrogens is 270 g/mol. The number of alkyl carbamates (subject to hydrolysis) is 1. The Morgan fingerprint density at radius 2 is 2.19 bits per heavy atom. The number of aromatic nitrogens is 2. The van der Waals surface area contributed by atoms with Crippen molar-refractivity contribution in [3.05, 3.63) is 24.2 Å². The molecule has 0 aromatic carbocycles. The predicted molar refractivity (Wildman–Crippen MR) is 81.1 cm³/mol. The fraction of sp³-hybridized carbons (Fsp3) is 0.533. The zero-order chi connectivity index (χ0) is 15.9. The summed E-state index contributed by atoms with van der Waals surface area (Å²) in [6.45, 7) is 7.41. The van der Waals surface area contributed by atoms with Crippen LogP contribution >= 0.6 is 0 Å². The number of nitrogens with zero attached hydrogens (tertiary/aromatic N) is 2. The topological polar surface area (TPSA) is 73.3 Å². The molecule has 6 nitrogen and oxygen atoms in total. The van der Waals surface area contributed by atoms with Crippen molar-refractivity contribution in [1.29, 1.82) is 0 Å². The molecule has 21 heavy (non-hydrogen) atoms. The number of rotatable bonds is 5. The molecule has 1 heterocycles. The highest BCUT2D eigenvalue weighted by molar-refractivity contribution is 5.68. The van der Waals surface area contributed by atoms with Gasteiger partial charge in [-0.25, -0.2) is 14.8 Å². The Morgan fingerprint density at radius 1 is 1.48 bits per heavy atom. The summed E-state index contributed by atoms with van der Waals surface area (Å²) >= 11 is 0. The van der Waals surface area contributed by atoms with Gasteiger partial charge in [-0.15, -0.1) is 0 Å². The summed E-state index contributed by atoms with van der Waals surface area (Å²) in [4.78, 5) is 19.6. The van der Waals surface area contributed by atoms with Crippen molar-refractivity contribution in [3.8, 4) is 5.88 Å². The standard InChI is InChI=1S/C15H23N3O3/c1-11(18-14(19)21-15(2,3)4)7-6-8-12-9-16-10-17-13(12)20-5/h6,8-11H,7H2,1-5H3,(H,18,19)/b8-6+/t11-/m0/s1. The first-order valence-electron chi connectivity index (χ1n) is 6.82. The quantitative estimate of drug-likeness (QED) is 0.903. The second kappa shape index (κ2) is 7.61. The molecule has 116 valence electrons. The number of ether oxygens (including phenoxy) is 2. The highest BCUT2D eigenvalue weighted by Crippen LogP contribution is 2.14. The van der Waals surface area contributed by atoms with Crippen molar-refractivity contribution in [2.75, 3.05) is 7.11 Å². The van der Waals surface area contributed by atoms with Gasteiger partial charge in [-0.2, -0.15) is 0 Å². The molecule has 0 fully saturated rings. The van der Waals surface area contributed by atoms with Crippen LogP contribution in [-0.4, -0.2) is 34.8 Å². The maximum atomic E-state index is 11.6. The molecule has 0 aliphatic rings. The van der Waals surface area contributed by atoms with E-state index in [-0.39, 0.29) is 6.04 Å². The lowest BCUT2D eigenvalue weighted by Crippen LogP contribution is -2.37. The molecular formula is C15H23N3O3. The lowest BCUT2D eigenvalue weighted by molar-refractivity contribution is 0.0509. The van der Waals surface area contributed by atoms with Gasteiger partial charge in [-0.3, -0.25) is 0 Å². The maximum Gasteiger partial charge on any atom is 0.407 e. The van der Waals surface area contributed by atoms with Crippen LogP contribution in [0.4, 0.5) is 4.79 Å². The van der Waals surface area contributed by atoms with E-state index in [4.69, 9.17) is 9.47 Å². The van der Waals surface area contributed by atoms with Crippen LogP contribution in [0.3, 0.4) is 0 Å². The Balaban J connectivity index is 2.47. The number of nitrogens with one attached hydrogen (secondary N) is 1. The van der Waals surface area contributed by atoms with Gasteiger partial charge in [0.2, 0.25) is 5.88 Å². The van der Waals surface area contributed by atoms with Crippen LogP contribution in [0.25, 0.3) is 6.08 Å². The third-order valence-electron chi connectivity index (χ3n) is 2.45. The van der Waals surface area contributed by atoms with E-state index < -0.39 is 11.7 Å². The Kier molecular flexibility index (Phi) is 6.14. The Bertz CT molecular complexity index is 495. The second-order valence-electron chi connectivity index (χ2n) is 5.67. The first-order chi connectivity index (χ1) is 9.81. The van der Waals surface area contributed by atoms with Gasteiger partial charge in [0, 0.05) is 12.2 Å². The number of amides is 1. The molecule has 1 aromatic rings. The van der Waals surface area contributed by atoms with E-state index >= 15 is 0 Å². The van der Waals surface area contributed by atoms with Crippen LogP contribution in [0.1, 0.15) is 39.7 Å². The molecule has 1 atom stereocenters. The molecule has 1 aromatic heterocycles. The molecule has 0 bridgehead atoms. The summed E-state index contributed by atoms with van der Waals surface area (Å²) in [7, 11) is 1.56. The predicted octanol–water partition coefficient (Wildman–Crippen LogP) is 2.80. The molecule has 0 aliphatic heterocycles. The van der Waals surface area contributed by atoms with Crippen LogP contribution < -0.4 is 10.1 Å². The summed E-state index contributed by atoms with van der Waals surface area (Å²) in [5.74, 6) is 0.522. The van der Waals surface area contributed by atoms with E-state index in [0.29, 0.717) is 12.3 Å². The van der Waals surface area contributed by atoms with Gasteiger partial charge < -0.3 is 14.8 Å². The minimum Gasteiger partial charge on any atom is -0.480 e. The molecule has 0 aliphatic carbocycles. The summed E-state index contributed by atoms with van der Waals surface area (Å²) in [5.41, 5.74) is 0.304. The van der Waals surface area contributed by atoms with Crippen molar-refractivity contribution >= 4 is 12.2 Å². The fourth-order valence-corrected chi connectivity index (χ4v) is 1.58. The average Bonchev–Trinajstić information content (AvgIpc) is 2.36. The van der Waals surface area contributed by atoms with Crippen LogP contribution in [-0.2, 0) is 4.74 Å². The lowest BCUT2D eigenvalue weighted by Gasteiger charge is -2.21. The van der Waals surface area contributed by atoms with E-state index in [9.17, 15) is 4.79 Å². The molecule has 6 heteroatoms. The third-order valence-corrected chi connectivity index (χ3v) is 2.45. The molecule has 0 spiro atoms. The normalized spacial score (nSPS) is 13.0. The molecule has 1 N–H and O–H groups in total. The monoisotopic (exact) mass is 293 g/mol. The molecule has 1 rings (SSSR count). The first-order valence-corrected chi connectivity index (χ1v) is 6.82. The van der Waals surface area contributed by atoms with Gasteiger partial charge in [-0.05, 0) is 34.1 Å². The largest absolute Gasteiger partial charge is 0.480 e. The fourth-order valence-electron chi connectivity index (χ4n) is 1.58. The number of carbonyl (C=O) groups excluding carboxylic acids is 1. The minimum atomic E-state index is -0.492. The van der Waals surface area contributed by atoms with Crippen LogP contribution in [0, 0.1) is 0 Å². The summed E-state index contributed by atoms with van der Waals surface area (Å²) < 4.78 is 10.3. The summed E-state index contributed by atoms with van der Waals surface area (Å²) in [5, 5.41) is 2.78. The highest BCUT2D eigenvalue weighted by Gasteiger charge is 2.17. The Hall–Kier alpha value is -2.11. The highest BCUT2D eigenvalue weighted by atomic mass is 16.6. The van der Waals surface area contributed by atoms with E-state index in [1.54, 1.807) is 13.3 Å². The maximum absolute atomic E-state index is 11.6. The number of carbonyl (C=O) groups is 1. The van der Waals surface area contributed by atoms with E-state index in [1.165, 1.54) is 6.33 Å². The van der Waals surface area contributed by atoms with Gasteiger partial charge in [0.15, 0.2) is 0 Å². The molecule has 0 radical (unpaired) electrons. The van der Waals surface area contributed by atoms with Gasteiger partial charge >= 0.3 is 6.09 Å². The van der Waals surface area contributed by atoms with Crippen LogP contribution in [0.2, 0.25) is 0 Å². The molecule has 0 unspecified atom stereocenters. The number of hydrogen-bond acceptors (Lipinski definition) is 5. The van der Waals surface area contributed by atoms with Gasteiger partial charge in [0.1, 0.15) is 11.9 Å². The molecule has 0 saturated heterocycles. The van der Waals surface area contributed by atoms with Crippen molar-refractivity contribution in [2.45, 2.75) is 45.8 Å². The van der Waals surface area contributed by atoms with E-state index in [1.807, 2.05) is 39.8 Å². The molecule has 0 saturated carbocycles. The van der Waals surface area contributed by atoms with Crippen LogP contribution in [0.5, 0.6) is 5.88 Å². The van der Waals surface area contributed by atoms with Crippen molar-refractivity contribution in [3.63, 3.8) is 0 Å². The van der Waals surface area contributed by atoms with Crippen molar-refractivity contribution < 1.29 is 14.3 Å². The average molecular weight is 293 g/mol. The third kappa shape index (κ3) is 6.74. The smallest absolute Gasteiger partial charge is 0.407 e. The number of methoxy groups -OCH3 is 1. The SMILES string of the molecule is COc1ncncc1/C=C/C[C@H](C)NC(=O)OC(C)(C)C. The number of hydrogen-bond donors (Lipinski definition) is 1. The van der Waals surface area contributed by atoms with Gasteiger partial charge in [0.25, 0.3) is 0 Å². The Labute approximate surface area is 125 Å². The second-order valence-corrected chi connectivity index (χ2v) is 5.67. The molecule has 1 amide bonds. The summed E-state index contributed by atoms with van der Waals surface area (Å²) in [6, 6.07) is -0.0354. The minimum absolute atomic E-state index is 0.0354. The zero-order valence-electron chi connectivity index (χ0n) is 13.2. The lowest BCUT2D eigenvalue weighted by atomic mass is 10.2. The van der Waals surface area contributed by atoms with Crippen LogP contribution in [0.15, 0.2) is 18.6 Å². The summed E-state index contributed by atoms with van der Waals surface area (Å²) in [6.07, 6.45) is 7.16.